The second-order valence-corrected chi connectivity index (χ2v) is 6.41. The number of ether oxygens (including phenoxy) is 1. The van der Waals surface area contributed by atoms with Crippen LogP contribution in [-0.4, -0.2) is 33.9 Å². The number of hydrogen-bond donors (Lipinski definition) is 2. The largest absolute Gasteiger partial charge is 0.493 e. The number of aromatic hydroxyl groups is 1. The highest BCUT2D eigenvalue weighted by Gasteiger charge is 2.23. The number of esters is 1. The molecule has 0 unspecified atom stereocenters. The van der Waals surface area contributed by atoms with Crippen molar-refractivity contribution in [2.24, 2.45) is 0 Å². The number of nitrogens with zero attached hydrogens (tertiary/aromatic N) is 2. The van der Waals surface area contributed by atoms with Crippen LogP contribution < -0.4 is 5.32 Å². The topological polar surface area (TPSA) is 93.5 Å². The number of carbonyl (C=O) groups excluding carboxylic acids is 2. The maximum atomic E-state index is 14.0. The lowest BCUT2D eigenvalue weighted by Crippen LogP contribution is -2.31. The molecule has 2 N–H and O–H groups in total. The van der Waals surface area contributed by atoms with Crippen LogP contribution in [0.1, 0.15) is 34.1 Å². The number of aromatic nitrogens is 2. The van der Waals surface area contributed by atoms with E-state index in [2.05, 4.69) is 10.4 Å². The predicted molar refractivity (Wildman–Crippen MR) is 103 cm³/mol. The van der Waals surface area contributed by atoms with Gasteiger partial charge in [0.15, 0.2) is 5.69 Å². The molecule has 0 fully saturated rings. The highest BCUT2D eigenvalue weighted by Crippen LogP contribution is 2.24. The van der Waals surface area contributed by atoms with Gasteiger partial charge >= 0.3 is 5.97 Å². The average molecular weight is 397 g/mol. The summed E-state index contributed by atoms with van der Waals surface area (Å²) in [4.78, 5) is 24.6. The zero-order chi connectivity index (χ0) is 21.0. The van der Waals surface area contributed by atoms with Crippen molar-refractivity contribution in [2.75, 3.05) is 7.11 Å². The molecule has 1 atom stereocenters. The fourth-order valence-electron chi connectivity index (χ4n) is 2.98. The van der Waals surface area contributed by atoms with Gasteiger partial charge in [-0.3, -0.25) is 9.59 Å². The second-order valence-electron chi connectivity index (χ2n) is 6.41. The number of hydrogen-bond acceptors (Lipinski definition) is 5. The Morgan fingerprint density at radius 3 is 2.59 bits per heavy atom. The van der Waals surface area contributed by atoms with Crippen LogP contribution in [0.2, 0.25) is 0 Å². The zero-order valence-electron chi connectivity index (χ0n) is 15.9. The van der Waals surface area contributed by atoms with Crippen LogP contribution in [-0.2, 0) is 9.53 Å². The van der Waals surface area contributed by atoms with Gasteiger partial charge < -0.3 is 15.2 Å². The summed E-state index contributed by atoms with van der Waals surface area (Å²) >= 11 is 0. The molecule has 3 rings (SSSR count). The van der Waals surface area contributed by atoms with Crippen molar-refractivity contribution in [1.29, 1.82) is 0 Å². The average Bonchev–Trinajstić information content (AvgIpc) is 3.09. The highest BCUT2D eigenvalue weighted by atomic mass is 19.1. The van der Waals surface area contributed by atoms with Crippen LogP contribution in [0.4, 0.5) is 4.39 Å². The number of para-hydroxylation sites is 1. The fourth-order valence-corrected chi connectivity index (χ4v) is 2.98. The summed E-state index contributed by atoms with van der Waals surface area (Å²) in [5, 5.41) is 16.9. The molecule has 1 heterocycles. The molecule has 0 radical (unpaired) electrons. The van der Waals surface area contributed by atoms with Gasteiger partial charge in [-0.2, -0.15) is 9.78 Å². The van der Waals surface area contributed by atoms with Crippen LogP contribution in [0, 0.1) is 12.7 Å². The van der Waals surface area contributed by atoms with E-state index in [-0.39, 0.29) is 23.7 Å². The third-order valence-electron chi connectivity index (χ3n) is 4.47. The Morgan fingerprint density at radius 2 is 1.90 bits per heavy atom. The summed E-state index contributed by atoms with van der Waals surface area (Å²) in [6, 6.07) is 13.5. The monoisotopic (exact) mass is 397 g/mol. The number of carbonyl (C=O) groups is 2. The van der Waals surface area contributed by atoms with Gasteiger partial charge in [0.2, 0.25) is 5.88 Å². The maximum Gasteiger partial charge on any atom is 0.307 e. The minimum Gasteiger partial charge on any atom is -0.493 e. The van der Waals surface area contributed by atoms with Crippen LogP contribution in [0.15, 0.2) is 54.6 Å². The lowest BCUT2D eigenvalue weighted by Gasteiger charge is -2.19. The van der Waals surface area contributed by atoms with Crippen molar-refractivity contribution in [3.8, 4) is 11.6 Å². The van der Waals surface area contributed by atoms with Crippen LogP contribution in [0.5, 0.6) is 5.88 Å². The maximum absolute atomic E-state index is 14.0. The Kier molecular flexibility index (Phi) is 5.92. The Hall–Kier alpha value is -3.68. The minimum atomic E-state index is -0.656. The quantitative estimate of drug-likeness (QED) is 0.624. The predicted octanol–water partition coefficient (Wildman–Crippen LogP) is 3.06. The van der Waals surface area contributed by atoms with E-state index in [4.69, 9.17) is 4.74 Å². The van der Waals surface area contributed by atoms with Gasteiger partial charge in [-0.15, -0.1) is 0 Å². The van der Waals surface area contributed by atoms with Gasteiger partial charge in [0.1, 0.15) is 11.5 Å². The molecule has 1 aromatic heterocycles. The standard InChI is InChI=1S/C21H20FN3O4/c1-13-7-3-4-8-14(13)16(12-20(27)29-2)23-21(28)17-11-19(26)25(24-17)18-10-6-5-9-15(18)22/h3-11,16,26H,12H2,1-2H3,(H,23,28)/t16-/m0/s1. The first-order valence-electron chi connectivity index (χ1n) is 8.88. The van der Waals surface area contributed by atoms with Crippen LogP contribution in [0.3, 0.4) is 0 Å². The van der Waals surface area contributed by atoms with Gasteiger partial charge in [-0.05, 0) is 30.2 Å². The number of benzene rings is 2. The first kappa shape index (κ1) is 20.1. The number of methoxy groups -OCH3 is 1. The molecule has 0 aliphatic carbocycles. The summed E-state index contributed by atoms with van der Waals surface area (Å²) in [5.41, 5.74) is 1.54. The van der Waals surface area contributed by atoms with E-state index in [9.17, 15) is 19.1 Å². The third kappa shape index (κ3) is 4.43. The smallest absolute Gasteiger partial charge is 0.307 e. The normalized spacial score (nSPS) is 11.7. The highest BCUT2D eigenvalue weighted by molar-refractivity contribution is 5.93. The number of rotatable bonds is 6. The molecule has 0 aliphatic rings. The van der Waals surface area contributed by atoms with Crippen LogP contribution >= 0.6 is 0 Å². The second kappa shape index (κ2) is 8.55. The summed E-state index contributed by atoms with van der Waals surface area (Å²) in [6.07, 6.45) is -0.0763. The first-order chi connectivity index (χ1) is 13.9. The van der Waals surface area contributed by atoms with E-state index in [0.29, 0.717) is 0 Å². The molecule has 0 saturated heterocycles. The molecule has 0 saturated carbocycles. The van der Waals surface area contributed by atoms with E-state index < -0.39 is 23.7 Å². The summed E-state index contributed by atoms with van der Waals surface area (Å²) in [7, 11) is 1.27. The van der Waals surface area contributed by atoms with E-state index in [0.717, 1.165) is 21.9 Å². The third-order valence-corrected chi connectivity index (χ3v) is 4.47. The van der Waals surface area contributed by atoms with Gasteiger partial charge in [0, 0.05) is 6.07 Å². The SMILES string of the molecule is COC(=O)C[C@H](NC(=O)c1cc(O)n(-c2ccccc2F)n1)c1ccccc1C. The Morgan fingerprint density at radius 1 is 1.21 bits per heavy atom. The number of aryl methyl sites for hydroxylation is 1. The van der Waals surface area contributed by atoms with Gasteiger partial charge in [0.05, 0.1) is 19.6 Å². The molecule has 8 heteroatoms. The molecule has 2 aromatic carbocycles. The van der Waals surface area contributed by atoms with Crippen molar-refractivity contribution < 1.29 is 23.8 Å². The number of halogens is 1. The summed E-state index contributed by atoms with van der Waals surface area (Å²) < 4.78 is 19.7. The molecule has 0 spiro atoms. The van der Waals surface area contributed by atoms with Crippen molar-refractivity contribution in [2.45, 2.75) is 19.4 Å². The van der Waals surface area contributed by atoms with Gasteiger partial charge in [-0.25, -0.2) is 4.39 Å². The number of nitrogens with one attached hydrogen (secondary N) is 1. The van der Waals surface area contributed by atoms with E-state index in [1.165, 1.54) is 25.3 Å². The lowest BCUT2D eigenvalue weighted by molar-refractivity contribution is -0.141. The Labute approximate surface area is 166 Å². The number of amides is 1. The molecule has 7 nitrogen and oxygen atoms in total. The minimum absolute atomic E-state index is 0.00839. The lowest BCUT2D eigenvalue weighted by atomic mass is 9.98. The van der Waals surface area contributed by atoms with Crippen LogP contribution in [0.25, 0.3) is 5.69 Å². The van der Waals surface area contributed by atoms with Crippen molar-refractivity contribution in [1.82, 2.24) is 15.1 Å². The molecule has 29 heavy (non-hydrogen) atoms. The van der Waals surface area contributed by atoms with E-state index >= 15 is 0 Å². The van der Waals surface area contributed by atoms with Crippen molar-refractivity contribution in [3.63, 3.8) is 0 Å². The fraction of sp³-hybridized carbons (Fsp3) is 0.190. The molecule has 150 valence electrons. The summed E-state index contributed by atoms with van der Waals surface area (Å²) in [6.45, 7) is 1.87. The first-order valence-corrected chi connectivity index (χ1v) is 8.88. The molecular formula is C21H20FN3O4. The molecule has 0 aliphatic heterocycles. The summed E-state index contributed by atoms with van der Waals surface area (Å²) in [5.74, 6) is -2.09. The molecule has 0 bridgehead atoms. The Balaban J connectivity index is 1.89. The van der Waals surface area contributed by atoms with Crippen molar-refractivity contribution in [3.05, 3.63) is 77.2 Å². The Bertz CT molecular complexity index is 1050. The molecule has 3 aromatic rings. The van der Waals surface area contributed by atoms with Gasteiger partial charge in [-0.1, -0.05) is 36.4 Å². The van der Waals surface area contributed by atoms with Crippen molar-refractivity contribution >= 4 is 11.9 Å². The van der Waals surface area contributed by atoms with E-state index in [1.807, 2.05) is 19.1 Å². The molecular weight excluding hydrogens is 377 g/mol. The van der Waals surface area contributed by atoms with Gasteiger partial charge in [0.25, 0.3) is 5.91 Å². The molecule has 1 amide bonds. The zero-order valence-corrected chi connectivity index (χ0v) is 15.9. The van der Waals surface area contributed by atoms with E-state index in [1.54, 1.807) is 18.2 Å².